The molecule has 0 heterocycles. The summed E-state index contributed by atoms with van der Waals surface area (Å²) in [5.74, 6) is 2.32. The summed E-state index contributed by atoms with van der Waals surface area (Å²) in [7, 11) is -0.0872. The van der Waals surface area contributed by atoms with Crippen LogP contribution in [0.5, 0.6) is 0 Å². The van der Waals surface area contributed by atoms with Gasteiger partial charge >= 0.3 is 40.6 Å². The quantitative estimate of drug-likeness (QED) is 0.487. The van der Waals surface area contributed by atoms with Crippen LogP contribution in [-0.2, 0) is 0 Å². The first-order chi connectivity index (χ1) is 2.27. The van der Waals surface area contributed by atoms with Crippen molar-refractivity contribution in [2.45, 2.75) is 18.9 Å². The summed E-state index contributed by atoms with van der Waals surface area (Å²) < 4.78 is 0. The maximum absolute atomic E-state index is 2.39. The van der Waals surface area contributed by atoms with E-state index in [-0.39, 0.29) is 7.40 Å². The number of rotatable bonds is 1. The Morgan fingerprint density at radius 2 is 1.60 bits per heavy atom. The molecule has 0 rings (SSSR count). The van der Waals surface area contributed by atoms with Crippen molar-refractivity contribution in [2.24, 2.45) is 0 Å². The van der Waals surface area contributed by atoms with Crippen molar-refractivity contribution in [2.75, 3.05) is 0 Å². The van der Waals surface area contributed by atoms with Crippen molar-refractivity contribution < 1.29 is 0 Å². The monoisotopic (exact) mass is 154 g/mol. The molecule has 0 fully saturated rings. The van der Waals surface area contributed by atoms with Gasteiger partial charge in [0.15, 0.2) is 0 Å². The number of hydrogen-bond donors (Lipinski definition) is 0. The molecule has 0 unspecified atom stereocenters. The van der Waals surface area contributed by atoms with Gasteiger partial charge in [-0.2, -0.15) is 0 Å². The summed E-state index contributed by atoms with van der Waals surface area (Å²) in [6, 6.07) is 0. The Morgan fingerprint density at radius 1 is 1.40 bits per heavy atom. The van der Waals surface area contributed by atoms with E-state index in [1.54, 1.807) is 0 Å². The average Bonchev–Trinajstić information content (AvgIpc) is 1.38. The van der Waals surface area contributed by atoms with Gasteiger partial charge in [-0.1, -0.05) is 0 Å². The van der Waals surface area contributed by atoms with Gasteiger partial charge in [-0.05, 0) is 0 Å². The van der Waals surface area contributed by atoms with Gasteiger partial charge in [0, 0.05) is 0 Å². The Labute approximate surface area is 41.2 Å². The Balaban J connectivity index is 2.54. The zero-order valence-corrected chi connectivity index (χ0v) is 6.85. The Bertz CT molecular complexity index is 20.9. The molecule has 2 heteroatoms. The fraction of sp³-hybridized carbons (Fsp3) is 1.00. The van der Waals surface area contributed by atoms with Crippen molar-refractivity contribution in [3.63, 3.8) is 0 Å². The molecule has 0 saturated carbocycles. The van der Waals surface area contributed by atoms with Crippen LogP contribution >= 0.6 is 0 Å². The Morgan fingerprint density at radius 3 is 1.60 bits per heavy atom. The average molecular weight is 153 g/mol. The van der Waals surface area contributed by atoms with E-state index >= 15 is 0 Å². The van der Waals surface area contributed by atoms with Gasteiger partial charge in [0.25, 0.3) is 0 Å². The van der Waals surface area contributed by atoms with Crippen LogP contribution in [0.25, 0.3) is 0 Å². The second-order valence-electron chi connectivity index (χ2n) is 1.28. The standard InChI is InChI=1S/C3H10SeSi/c1-4-5(2)3/h5H,1-3H3. The third kappa shape index (κ3) is 4.74. The van der Waals surface area contributed by atoms with Crippen molar-refractivity contribution in [1.29, 1.82) is 0 Å². The topological polar surface area (TPSA) is 0 Å². The molecule has 0 N–H and O–H groups in total. The number of hydrogen-bond acceptors (Lipinski definition) is 0. The Kier molecular flexibility index (Phi) is 3.38. The molecule has 0 aromatic carbocycles. The molecule has 32 valence electrons. The van der Waals surface area contributed by atoms with Gasteiger partial charge in [-0.3, -0.25) is 0 Å². The second-order valence-corrected chi connectivity index (χ2v) is 12.8. The summed E-state index contributed by atoms with van der Waals surface area (Å²) in [5, 5.41) is 0. The van der Waals surface area contributed by atoms with Crippen molar-refractivity contribution in [3.8, 4) is 0 Å². The van der Waals surface area contributed by atoms with Crippen molar-refractivity contribution in [3.05, 3.63) is 0 Å². The van der Waals surface area contributed by atoms with E-state index in [0.717, 1.165) is 14.3 Å². The fourth-order valence-corrected chi connectivity index (χ4v) is 0. The molecule has 0 atom stereocenters. The fourth-order valence-electron chi connectivity index (χ4n) is 0. The molecule has 5 heavy (non-hydrogen) atoms. The maximum atomic E-state index is 2.39. The Hall–Kier alpha value is 0.736. The van der Waals surface area contributed by atoms with E-state index in [1.165, 1.54) is 0 Å². The molecule has 0 aromatic rings. The molecule has 0 bridgehead atoms. The minimum atomic E-state index is -0.0872. The van der Waals surface area contributed by atoms with E-state index in [9.17, 15) is 0 Å². The molecule has 0 radical (unpaired) electrons. The molecule has 0 nitrogen and oxygen atoms in total. The first-order valence-corrected chi connectivity index (χ1v) is 9.26. The van der Waals surface area contributed by atoms with E-state index in [2.05, 4.69) is 18.9 Å². The van der Waals surface area contributed by atoms with Crippen LogP contribution in [0.2, 0.25) is 18.9 Å². The molecule has 0 spiro atoms. The zero-order valence-electron chi connectivity index (χ0n) is 3.99. The second kappa shape index (κ2) is 2.95. The minimum absolute atomic E-state index is 0.0872. The van der Waals surface area contributed by atoms with E-state index < -0.39 is 0 Å². The zero-order chi connectivity index (χ0) is 4.28. The van der Waals surface area contributed by atoms with Crippen molar-refractivity contribution >= 4 is 21.7 Å². The van der Waals surface area contributed by atoms with E-state index in [4.69, 9.17) is 0 Å². The summed E-state index contributed by atoms with van der Waals surface area (Å²) in [6.45, 7) is 4.78. The molecular formula is C3H10SeSi. The molecule has 0 amide bonds. The summed E-state index contributed by atoms with van der Waals surface area (Å²) in [4.78, 5) is 0. The van der Waals surface area contributed by atoms with E-state index in [1.807, 2.05) is 0 Å². The van der Waals surface area contributed by atoms with Crippen LogP contribution in [-0.4, -0.2) is 21.7 Å². The molecule has 0 aliphatic carbocycles. The van der Waals surface area contributed by atoms with E-state index in [0.29, 0.717) is 0 Å². The van der Waals surface area contributed by atoms with Gasteiger partial charge in [-0.25, -0.2) is 0 Å². The van der Waals surface area contributed by atoms with Gasteiger partial charge in [0.1, 0.15) is 0 Å². The molecule has 0 aliphatic rings. The summed E-state index contributed by atoms with van der Waals surface area (Å²) in [6.07, 6.45) is 0. The van der Waals surface area contributed by atoms with Gasteiger partial charge in [-0.15, -0.1) is 0 Å². The predicted molar refractivity (Wildman–Crippen MR) is 30.5 cm³/mol. The first kappa shape index (κ1) is 5.74. The third-order valence-corrected chi connectivity index (χ3v) is 7.35. The normalized spacial score (nSPS) is 9.60. The van der Waals surface area contributed by atoms with Crippen LogP contribution in [0.1, 0.15) is 0 Å². The molecule has 0 aliphatic heterocycles. The van der Waals surface area contributed by atoms with Crippen molar-refractivity contribution in [1.82, 2.24) is 0 Å². The SMILES string of the molecule is C[Se][SiH](C)C. The van der Waals surface area contributed by atoms with Gasteiger partial charge in [0.05, 0.1) is 0 Å². The van der Waals surface area contributed by atoms with Crippen LogP contribution in [0.4, 0.5) is 0 Å². The van der Waals surface area contributed by atoms with Gasteiger partial charge in [0.2, 0.25) is 0 Å². The summed E-state index contributed by atoms with van der Waals surface area (Å²) in [5.41, 5.74) is 0. The van der Waals surface area contributed by atoms with Crippen LogP contribution in [0, 0.1) is 0 Å². The van der Waals surface area contributed by atoms with Crippen LogP contribution < -0.4 is 0 Å². The summed E-state index contributed by atoms with van der Waals surface area (Å²) >= 11 is 1.01. The van der Waals surface area contributed by atoms with Crippen LogP contribution in [0.3, 0.4) is 0 Å². The molecular weight excluding hydrogens is 143 g/mol. The van der Waals surface area contributed by atoms with Crippen LogP contribution in [0.15, 0.2) is 0 Å². The molecule has 0 aromatic heterocycles. The third-order valence-electron chi connectivity index (χ3n) is 0.471. The predicted octanol–water partition coefficient (Wildman–Crippen LogP) is 0.722. The first-order valence-electron chi connectivity index (χ1n) is 1.80. The molecule has 0 saturated heterocycles. The van der Waals surface area contributed by atoms with Gasteiger partial charge < -0.3 is 0 Å².